The highest BCUT2D eigenvalue weighted by atomic mass is 32.2. The summed E-state index contributed by atoms with van der Waals surface area (Å²) in [5, 5.41) is 7.95. The average molecular weight is 372 g/mol. The zero-order valence-corrected chi connectivity index (χ0v) is 15.1. The van der Waals surface area contributed by atoms with Gasteiger partial charge in [-0.3, -0.25) is 14.6 Å². The van der Waals surface area contributed by atoms with Crippen molar-refractivity contribution in [1.82, 2.24) is 10.2 Å². The van der Waals surface area contributed by atoms with E-state index in [1.54, 1.807) is 36.4 Å². The molecule has 0 unspecified atom stereocenters. The van der Waals surface area contributed by atoms with Crippen LogP contribution in [0.5, 0.6) is 0 Å². The second kappa shape index (κ2) is 7.17. The maximum absolute atomic E-state index is 12.1. The molecule has 0 saturated carbocycles. The molecule has 8 heteroatoms. The second-order valence-electron chi connectivity index (χ2n) is 6.05. The van der Waals surface area contributed by atoms with Crippen LogP contribution in [0.2, 0.25) is 0 Å². The van der Waals surface area contributed by atoms with Crippen LogP contribution in [-0.4, -0.2) is 30.3 Å². The van der Waals surface area contributed by atoms with E-state index in [9.17, 15) is 13.2 Å². The molecule has 0 bridgehead atoms. The van der Waals surface area contributed by atoms with E-state index in [0.717, 1.165) is 22.9 Å². The first kappa shape index (κ1) is 17.9. The van der Waals surface area contributed by atoms with Gasteiger partial charge in [-0.15, -0.1) is 0 Å². The first-order valence-electron chi connectivity index (χ1n) is 8.28. The fraction of sp³-hybridized carbons (Fsp3) is 0.222. The number of primary amides is 1. The van der Waals surface area contributed by atoms with Crippen LogP contribution in [0, 0.1) is 0 Å². The largest absolute Gasteiger partial charge is 0.366 e. The van der Waals surface area contributed by atoms with Crippen LogP contribution < -0.4 is 10.5 Å². The maximum atomic E-state index is 12.1. The van der Waals surface area contributed by atoms with Crippen molar-refractivity contribution in [1.29, 1.82) is 0 Å². The van der Waals surface area contributed by atoms with Gasteiger partial charge in [0.2, 0.25) is 15.9 Å². The summed E-state index contributed by atoms with van der Waals surface area (Å²) in [5.74, 6) is -0.433. The number of carbonyl (C=O) groups is 1. The van der Waals surface area contributed by atoms with Gasteiger partial charge >= 0.3 is 0 Å². The van der Waals surface area contributed by atoms with E-state index in [1.165, 1.54) is 0 Å². The number of nitrogens with one attached hydrogen (secondary N) is 2. The van der Waals surface area contributed by atoms with Crippen LogP contribution in [0.3, 0.4) is 0 Å². The zero-order valence-electron chi connectivity index (χ0n) is 14.3. The molecule has 1 heterocycles. The van der Waals surface area contributed by atoms with Crippen molar-refractivity contribution in [2.24, 2.45) is 5.73 Å². The normalized spacial score (nSPS) is 11.6. The molecule has 3 aromatic rings. The third-order valence-corrected chi connectivity index (χ3v) is 5.40. The summed E-state index contributed by atoms with van der Waals surface area (Å²) in [5.41, 5.74) is 8.32. The third-order valence-electron chi connectivity index (χ3n) is 4.02. The van der Waals surface area contributed by atoms with E-state index in [4.69, 9.17) is 5.73 Å². The molecule has 1 aromatic heterocycles. The standard InChI is InChI=1S/C18H20N4O3S/c1-2-3-9-26(24,25)22-14-6-4-5-12(10-14)17-15-11-13(18(19)23)7-8-16(15)20-21-17/h4-8,10-11,22H,2-3,9H2,1H3,(H2,19,23)(H,20,21). The Morgan fingerprint density at radius 3 is 2.77 bits per heavy atom. The number of anilines is 1. The molecule has 0 radical (unpaired) electrons. The Labute approximate surface area is 151 Å². The minimum atomic E-state index is -3.38. The number of amides is 1. The Morgan fingerprint density at radius 2 is 2.04 bits per heavy atom. The zero-order chi connectivity index (χ0) is 18.7. The van der Waals surface area contributed by atoms with Gasteiger partial charge in [-0.25, -0.2) is 8.42 Å². The summed E-state index contributed by atoms with van der Waals surface area (Å²) in [6.45, 7) is 1.94. The number of unbranched alkanes of at least 4 members (excludes halogenated alkanes) is 1. The predicted octanol–water partition coefficient (Wildman–Crippen LogP) is 2.87. The molecule has 2 aromatic carbocycles. The number of sulfonamides is 1. The molecule has 0 aliphatic carbocycles. The highest BCUT2D eigenvalue weighted by molar-refractivity contribution is 7.92. The van der Waals surface area contributed by atoms with Crippen molar-refractivity contribution >= 4 is 32.5 Å². The average Bonchev–Trinajstić information content (AvgIpc) is 3.03. The van der Waals surface area contributed by atoms with Gasteiger partial charge in [0.25, 0.3) is 0 Å². The molecule has 3 rings (SSSR count). The molecule has 4 N–H and O–H groups in total. The second-order valence-corrected chi connectivity index (χ2v) is 7.89. The van der Waals surface area contributed by atoms with Crippen LogP contribution in [0.15, 0.2) is 42.5 Å². The Hall–Kier alpha value is -2.87. The first-order valence-corrected chi connectivity index (χ1v) is 9.93. The number of H-pyrrole nitrogens is 1. The van der Waals surface area contributed by atoms with Crippen LogP contribution in [0.4, 0.5) is 5.69 Å². The van der Waals surface area contributed by atoms with Crippen molar-refractivity contribution in [3.05, 3.63) is 48.0 Å². The first-order chi connectivity index (χ1) is 12.4. The van der Waals surface area contributed by atoms with Gasteiger partial charge in [0.15, 0.2) is 0 Å². The fourth-order valence-corrected chi connectivity index (χ4v) is 3.94. The number of rotatable bonds is 7. The van der Waals surface area contributed by atoms with Gasteiger partial charge in [0, 0.05) is 22.2 Å². The maximum Gasteiger partial charge on any atom is 0.248 e. The van der Waals surface area contributed by atoms with Crippen LogP contribution >= 0.6 is 0 Å². The van der Waals surface area contributed by atoms with Crippen molar-refractivity contribution in [3.63, 3.8) is 0 Å². The quantitative estimate of drug-likeness (QED) is 0.591. The van der Waals surface area contributed by atoms with E-state index >= 15 is 0 Å². The van der Waals surface area contributed by atoms with Crippen LogP contribution in [0.1, 0.15) is 30.1 Å². The van der Waals surface area contributed by atoms with E-state index in [1.807, 2.05) is 13.0 Å². The molecule has 0 saturated heterocycles. The van der Waals surface area contributed by atoms with Gasteiger partial charge in [-0.1, -0.05) is 25.5 Å². The van der Waals surface area contributed by atoms with Gasteiger partial charge in [-0.2, -0.15) is 5.10 Å². The predicted molar refractivity (Wildman–Crippen MR) is 102 cm³/mol. The van der Waals surface area contributed by atoms with Crippen LogP contribution in [-0.2, 0) is 10.0 Å². The topological polar surface area (TPSA) is 118 Å². The SMILES string of the molecule is CCCCS(=O)(=O)Nc1cccc(-c2n[nH]c3ccc(C(N)=O)cc23)c1. The van der Waals surface area contributed by atoms with Crippen molar-refractivity contribution in [2.45, 2.75) is 19.8 Å². The molecule has 0 aliphatic rings. The summed E-state index contributed by atoms with van der Waals surface area (Å²) in [7, 11) is -3.38. The third kappa shape index (κ3) is 3.85. The fourth-order valence-electron chi connectivity index (χ4n) is 2.68. The number of hydrogen-bond donors (Lipinski definition) is 3. The highest BCUT2D eigenvalue weighted by Gasteiger charge is 2.13. The monoisotopic (exact) mass is 372 g/mol. The number of aromatic amines is 1. The molecule has 0 atom stereocenters. The van der Waals surface area contributed by atoms with Gasteiger partial charge in [-0.05, 0) is 36.8 Å². The summed E-state index contributed by atoms with van der Waals surface area (Å²) in [4.78, 5) is 11.4. The minimum Gasteiger partial charge on any atom is -0.366 e. The lowest BCUT2D eigenvalue weighted by Gasteiger charge is -2.08. The van der Waals surface area contributed by atoms with Crippen LogP contribution in [0.25, 0.3) is 22.2 Å². The molecule has 7 nitrogen and oxygen atoms in total. The number of benzene rings is 2. The van der Waals surface area contributed by atoms with E-state index in [-0.39, 0.29) is 5.75 Å². The number of nitrogens with zero attached hydrogens (tertiary/aromatic N) is 1. The lowest BCUT2D eigenvalue weighted by Crippen LogP contribution is -2.16. The van der Waals surface area contributed by atoms with Gasteiger partial charge in [0.05, 0.1) is 17.0 Å². The molecule has 0 spiro atoms. The number of fused-ring (bicyclic) bond motifs is 1. The summed E-state index contributed by atoms with van der Waals surface area (Å²) >= 11 is 0. The summed E-state index contributed by atoms with van der Waals surface area (Å²) in [6, 6.07) is 12.0. The molecule has 1 amide bonds. The Bertz CT molecular complexity index is 1060. The number of hydrogen-bond acceptors (Lipinski definition) is 4. The number of carbonyl (C=O) groups excluding carboxylic acids is 1. The minimum absolute atomic E-state index is 0.0844. The molecular weight excluding hydrogens is 352 g/mol. The molecule has 136 valence electrons. The van der Waals surface area contributed by atoms with Gasteiger partial charge < -0.3 is 5.73 Å². The van der Waals surface area contributed by atoms with E-state index in [0.29, 0.717) is 23.4 Å². The number of nitrogens with two attached hydrogens (primary N) is 1. The lowest BCUT2D eigenvalue weighted by atomic mass is 10.0. The molecule has 0 fully saturated rings. The van der Waals surface area contributed by atoms with Crippen molar-refractivity contribution in [2.75, 3.05) is 10.5 Å². The highest BCUT2D eigenvalue weighted by Crippen LogP contribution is 2.29. The molecule has 26 heavy (non-hydrogen) atoms. The van der Waals surface area contributed by atoms with E-state index < -0.39 is 15.9 Å². The number of aromatic nitrogens is 2. The summed E-state index contributed by atoms with van der Waals surface area (Å²) < 4.78 is 26.8. The Morgan fingerprint density at radius 1 is 1.23 bits per heavy atom. The van der Waals surface area contributed by atoms with E-state index in [2.05, 4.69) is 14.9 Å². The lowest BCUT2D eigenvalue weighted by molar-refractivity contribution is 0.100. The van der Waals surface area contributed by atoms with Gasteiger partial charge in [0.1, 0.15) is 0 Å². The Balaban J connectivity index is 1.97. The smallest absolute Gasteiger partial charge is 0.248 e. The Kier molecular flexibility index (Phi) is 4.94. The van der Waals surface area contributed by atoms with Crippen molar-refractivity contribution < 1.29 is 13.2 Å². The summed E-state index contributed by atoms with van der Waals surface area (Å²) in [6.07, 6.45) is 1.41. The van der Waals surface area contributed by atoms with Crippen molar-refractivity contribution in [3.8, 4) is 11.3 Å². The molecular formula is C18H20N4O3S. The molecule has 0 aliphatic heterocycles.